The molecular weight excluding hydrogens is 273 g/mol. The second-order valence-corrected chi connectivity index (χ2v) is 6.66. The van der Waals surface area contributed by atoms with Crippen LogP contribution in [-0.4, -0.2) is 67.4 Å². The van der Waals surface area contributed by atoms with Crippen LogP contribution in [0.25, 0.3) is 0 Å². The lowest BCUT2D eigenvalue weighted by Gasteiger charge is -2.43. The molecule has 0 bridgehead atoms. The SMILES string of the molecule is Fc1ccc(SCCN2CCN(C3CNC3)CC2)cc1. The maximum absolute atomic E-state index is 12.8. The number of piperazine rings is 1. The van der Waals surface area contributed by atoms with E-state index in [2.05, 4.69) is 15.1 Å². The maximum atomic E-state index is 12.8. The van der Waals surface area contributed by atoms with Gasteiger partial charge in [-0.1, -0.05) is 0 Å². The van der Waals surface area contributed by atoms with E-state index in [0.717, 1.165) is 23.2 Å². The number of hydrogen-bond acceptors (Lipinski definition) is 4. The van der Waals surface area contributed by atoms with Gasteiger partial charge >= 0.3 is 0 Å². The zero-order chi connectivity index (χ0) is 13.8. The molecule has 1 aromatic carbocycles. The van der Waals surface area contributed by atoms with Crippen molar-refractivity contribution in [3.8, 4) is 0 Å². The number of hydrogen-bond donors (Lipinski definition) is 1. The highest BCUT2D eigenvalue weighted by atomic mass is 32.2. The van der Waals surface area contributed by atoms with Gasteiger partial charge in [-0.15, -0.1) is 11.8 Å². The molecule has 1 N–H and O–H groups in total. The fourth-order valence-electron chi connectivity index (χ4n) is 2.71. The zero-order valence-electron chi connectivity index (χ0n) is 11.7. The van der Waals surface area contributed by atoms with Gasteiger partial charge in [0, 0.05) is 62.5 Å². The van der Waals surface area contributed by atoms with Crippen molar-refractivity contribution in [3.05, 3.63) is 30.1 Å². The van der Waals surface area contributed by atoms with E-state index in [4.69, 9.17) is 0 Å². The van der Waals surface area contributed by atoms with E-state index in [1.165, 1.54) is 51.4 Å². The molecule has 5 heteroatoms. The fraction of sp³-hybridized carbons (Fsp3) is 0.600. The summed E-state index contributed by atoms with van der Waals surface area (Å²) < 4.78 is 12.8. The first-order valence-electron chi connectivity index (χ1n) is 7.37. The maximum Gasteiger partial charge on any atom is 0.123 e. The molecule has 2 aliphatic heterocycles. The molecule has 0 amide bonds. The fourth-order valence-corrected chi connectivity index (χ4v) is 3.62. The van der Waals surface area contributed by atoms with Crippen LogP contribution in [0.15, 0.2) is 29.2 Å². The smallest absolute Gasteiger partial charge is 0.123 e. The number of thioether (sulfide) groups is 1. The van der Waals surface area contributed by atoms with Crippen molar-refractivity contribution in [1.29, 1.82) is 0 Å². The van der Waals surface area contributed by atoms with Crippen LogP contribution in [0.3, 0.4) is 0 Å². The van der Waals surface area contributed by atoms with E-state index in [-0.39, 0.29) is 5.82 Å². The summed E-state index contributed by atoms with van der Waals surface area (Å²) in [5.74, 6) is 0.923. The molecule has 3 rings (SSSR count). The minimum Gasteiger partial charge on any atom is -0.314 e. The van der Waals surface area contributed by atoms with Gasteiger partial charge in [-0.25, -0.2) is 4.39 Å². The summed E-state index contributed by atoms with van der Waals surface area (Å²) in [6.07, 6.45) is 0. The number of halogens is 1. The topological polar surface area (TPSA) is 18.5 Å². The van der Waals surface area contributed by atoms with Gasteiger partial charge in [-0.2, -0.15) is 0 Å². The first-order chi connectivity index (χ1) is 9.81. The molecule has 2 saturated heterocycles. The standard InChI is InChI=1S/C15H22FN3S/c16-13-1-3-15(4-2-13)20-10-9-18-5-7-19(8-6-18)14-11-17-12-14/h1-4,14,17H,5-12H2. The third-order valence-electron chi connectivity index (χ3n) is 4.17. The van der Waals surface area contributed by atoms with E-state index in [0.29, 0.717) is 0 Å². The summed E-state index contributed by atoms with van der Waals surface area (Å²) in [6.45, 7) is 8.22. The second kappa shape index (κ2) is 6.89. The normalized spacial score (nSPS) is 21.9. The van der Waals surface area contributed by atoms with Crippen molar-refractivity contribution >= 4 is 11.8 Å². The monoisotopic (exact) mass is 295 g/mol. The van der Waals surface area contributed by atoms with Gasteiger partial charge in [0.05, 0.1) is 0 Å². The van der Waals surface area contributed by atoms with Gasteiger partial charge < -0.3 is 5.32 Å². The molecule has 110 valence electrons. The minimum absolute atomic E-state index is 0.157. The predicted octanol–water partition coefficient (Wildman–Crippen LogP) is 1.51. The van der Waals surface area contributed by atoms with Gasteiger partial charge in [-0.3, -0.25) is 9.80 Å². The van der Waals surface area contributed by atoms with Crippen LogP contribution in [0.2, 0.25) is 0 Å². The molecule has 3 nitrogen and oxygen atoms in total. The molecule has 0 aromatic heterocycles. The van der Waals surface area contributed by atoms with Crippen LogP contribution in [-0.2, 0) is 0 Å². The number of benzene rings is 1. The first kappa shape index (κ1) is 14.3. The van der Waals surface area contributed by atoms with E-state index in [9.17, 15) is 4.39 Å². The highest BCUT2D eigenvalue weighted by Crippen LogP contribution is 2.18. The van der Waals surface area contributed by atoms with Crippen molar-refractivity contribution < 1.29 is 4.39 Å². The molecule has 1 aromatic rings. The van der Waals surface area contributed by atoms with Crippen molar-refractivity contribution in [2.45, 2.75) is 10.9 Å². The van der Waals surface area contributed by atoms with Gasteiger partial charge in [0.1, 0.15) is 5.82 Å². The molecule has 0 saturated carbocycles. The van der Waals surface area contributed by atoms with Crippen LogP contribution in [0.5, 0.6) is 0 Å². The molecule has 0 aliphatic carbocycles. The lowest BCUT2D eigenvalue weighted by atomic mass is 10.1. The van der Waals surface area contributed by atoms with Gasteiger partial charge in [0.25, 0.3) is 0 Å². The van der Waals surface area contributed by atoms with Gasteiger partial charge in [0.15, 0.2) is 0 Å². The Labute approximate surface area is 124 Å². The molecule has 0 radical (unpaired) electrons. The molecule has 2 heterocycles. The third kappa shape index (κ3) is 3.73. The Balaban J connectivity index is 1.34. The average molecular weight is 295 g/mol. The molecule has 0 unspecified atom stereocenters. The Kier molecular flexibility index (Phi) is 4.94. The Bertz CT molecular complexity index is 414. The Morgan fingerprint density at radius 3 is 2.40 bits per heavy atom. The summed E-state index contributed by atoms with van der Waals surface area (Å²) in [4.78, 5) is 6.31. The molecule has 2 fully saturated rings. The van der Waals surface area contributed by atoms with Crippen LogP contribution in [0, 0.1) is 5.82 Å². The lowest BCUT2D eigenvalue weighted by Crippen LogP contribution is -2.61. The number of nitrogens with zero attached hydrogens (tertiary/aromatic N) is 2. The summed E-state index contributed by atoms with van der Waals surface area (Å²) in [5.41, 5.74) is 0. The van der Waals surface area contributed by atoms with Gasteiger partial charge in [-0.05, 0) is 24.3 Å². The zero-order valence-corrected chi connectivity index (χ0v) is 12.5. The van der Waals surface area contributed by atoms with Crippen molar-refractivity contribution in [3.63, 3.8) is 0 Å². The quantitative estimate of drug-likeness (QED) is 0.830. The van der Waals surface area contributed by atoms with Crippen LogP contribution >= 0.6 is 11.8 Å². The molecular formula is C15H22FN3S. The molecule has 0 atom stereocenters. The van der Waals surface area contributed by atoms with E-state index in [1.807, 2.05) is 23.9 Å². The predicted molar refractivity (Wildman–Crippen MR) is 81.8 cm³/mol. The first-order valence-corrected chi connectivity index (χ1v) is 8.35. The van der Waals surface area contributed by atoms with E-state index < -0.39 is 0 Å². The summed E-state index contributed by atoms with van der Waals surface area (Å²) >= 11 is 1.81. The average Bonchev–Trinajstić information content (AvgIpc) is 2.41. The molecule has 2 aliphatic rings. The van der Waals surface area contributed by atoms with Crippen molar-refractivity contribution in [1.82, 2.24) is 15.1 Å². The third-order valence-corrected chi connectivity index (χ3v) is 5.17. The van der Waals surface area contributed by atoms with Crippen LogP contribution in [0.4, 0.5) is 4.39 Å². The van der Waals surface area contributed by atoms with E-state index >= 15 is 0 Å². The minimum atomic E-state index is -0.157. The highest BCUT2D eigenvalue weighted by molar-refractivity contribution is 7.99. The summed E-state index contributed by atoms with van der Waals surface area (Å²) in [6, 6.07) is 7.58. The van der Waals surface area contributed by atoms with Crippen LogP contribution in [0.1, 0.15) is 0 Å². The molecule has 20 heavy (non-hydrogen) atoms. The van der Waals surface area contributed by atoms with Crippen molar-refractivity contribution in [2.24, 2.45) is 0 Å². The Morgan fingerprint density at radius 2 is 1.80 bits per heavy atom. The Hall–Kier alpha value is -0.620. The number of nitrogens with one attached hydrogen (secondary N) is 1. The summed E-state index contributed by atoms with van der Waals surface area (Å²) in [5, 5.41) is 3.34. The van der Waals surface area contributed by atoms with E-state index in [1.54, 1.807) is 0 Å². The van der Waals surface area contributed by atoms with Gasteiger partial charge in [0.2, 0.25) is 0 Å². The largest absolute Gasteiger partial charge is 0.314 e. The Morgan fingerprint density at radius 1 is 1.10 bits per heavy atom. The second-order valence-electron chi connectivity index (χ2n) is 5.49. The number of rotatable bonds is 5. The lowest BCUT2D eigenvalue weighted by molar-refractivity contribution is 0.0759. The van der Waals surface area contributed by atoms with Crippen LogP contribution < -0.4 is 5.32 Å². The highest BCUT2D eigenvalue weighted by Gasteiger charge is 2.27. The molecule has 0 spiro atoms. The summed E-state index contributed by atoms with van der Waals surface area (Å²) in [7, 11) is 0. The van der Waals surface area contributed by atoms with Crippen molar-refractivity contribution in [2.75, 3.05) is 51.6 Å².